The second-order valence-corrected chi connectivity index (χ2v) is 7.40. The molecule has 0 amide bonds. The maximum absolute atomic E-state index is 6.09. The van der Waals surface area contributed by atoms with Crippen molar-refractivity contribution >= 4 is 11.6 Å². The van der Waals surface area contributed by atoms with E-state index in [4.69, 9.17) is 16.7 Å². The number of aromatic nitrogens is 2. The van der Waals surface area contributed by atoms with Gasteiger partial charge in [0.25, 0.3) is 0 Å². The zero-order chi connectivity index (χ0) is 17.9. The summed E-state index contributed by atoms with van der Waals surface area (Å²) in [6, 6.07) is 16.6. The van der Waals surface area contributed by atoms with Crippen LogP contribution in [0.5, 0.6) is 0 Å². The SMILES string of the molecule is Cc1ccccc1Cn1nc(-c2ccc(Cl)cc2)c2c1CCNCCC2. The van der Waals surface area contributed by atoms with Gasteiger partial charge in [0.15, 0.2) is 0 Å². The number of nitrogens with one attached hydrogen (secondary N) is 1. The van der Waals surface area contributed by atoms with Gasteiger partial charge in [-0.1, -0.05) is 48.0 Å². The number of aryl methyl sites for hydroxylation is 1. The fourth-order valence-electron chi connectivity index (χ4n) is 3.72. The number of rotatable bonds is 3. The lowest BCUT2D eigenvalue weighted by molar-refractivity contribution is 0.582. The van der Waals surface area contributed by atoms with Gasteiger partial charge in [-0.25, -0.2) is 0 Å². The van der Waals surface area contributed by atoms with Crippen LogP contribution in [0.25, 0.3) is 11.3 Å². The summed E-state index contributed by atoms with van der Waals surface area (Å²) in [6.45, 7) is 5.07. The van der Waals surface area contributed by atoms with E-state index in [0.717, 1.165) is 55.2 Å². The molecule has 1 aliphatic rings. The van der Waals surface area contributed by atoms with Crippen LogP contribution in [0.3, 0.4) is 0 Å². The average molecular weight is 366 g/mol. The van der Waals surface area contributed by atoms with E-state index in [2.05, 4.69) is 53.3 Å². The Kier molecular flexibility index (Phi) is 5.09. The highest BCUT2D eigenvalue weighted by atomic mass is 35.5. The van der Waals surface area contributed by atoms with Crippen molar-refractivity contribution in [3.63, 3.8) is 0 Å². The van der Waals surface area contributed by atoms with Crippen LogP contribution >= 0.6 is 11.6 Å². The Hall–Kier alpha value is -2.10. The summed E-state index contributed by atoms with van der Waals surface area (Å²) in [5.41, 5.74) is 7.69. The van der Waals surface area contributed by atoms with E-state index >= 15 is 0 Å². The lowest BCUT2D eigenvalue weighted by atomic mass is 9.99. The predicted octanol–water partition coefficient (Wildman–Crippen LogP) is 4.64. The first-order valence-electron chi connectivity index (χ1n) is 9.32. The summed E-state index contributed by atoms with van der Waals surface area (Å²) >= 11 is 6.09. The largest absolute Gasteiger partial charge is 0.316 e. The molecule has 4 heteroatoms. The van der Waals surface area contributed by atoms with E-state index in [0.29, 0.717) is 0 Å². The molecule has 0 radical (unpaired) electrons. The summed E-state index contributed by atoms with van der Waals surface area (Å²) < 4.78 is 2.22. The predicted molar refractivity (Wildman–Crippen MR) is 108 cm³/mol. The van der Waals surface area contributed by atoms with Crippen molar-refractivity contribution in [3.05, 3.63) is 75.9 Å². The van der Waals surface area contributed by atoms with E-state index in [9.17, 15) is 0 Å². The minimum Gasteiger partial charge on any atom is -0.316 e. The molecule has 4 rings (SSSR count). The molecule has 3 aromatic rings. The molecular weight excluding hydrogens is 342 g/mol. The lowest BCUT2D eigenvalue weighted by Crippen LogP contribution is -2.23. The van der Waals surface area contributed by atoms with Crippen molar-refractivity contribution in [2.75, 3.05) is 13.1 Å². The molecule has 0 saturated carbocycles. The number of halogens is 1. The molecule has 2 heterocycles. The van der Waals surface area contributed by atoms with Gasteiger partial charge in [-0.2, -0.15) is 5.10 Å². The Labute approximate surface area is 160 Å². The van der Waals surface area contributed by atoms with E-state index in [1.807, 2.05) is 12.1 Å². The van der Waals surface area contributed by atoms with Gasteiger partial charge in [0.1, 0.15) is 0 Å². The Balaban J connectivity index is 1.79. The molecule has 0 saturated heterocycles. The van der Waals surface area contributed by atoms with Gasteiger partial charge in [0.2, 0.25) is 0 Å². The minimum atomic E-state index is 0.764. The topological polar surface area (TPSA) is 29.9 Å². The second-order valence-electron chi connectivity index (χ2n) is 6.97. The monoisotopic (exact) mass is 365 g/mol. The molecule has 2 aromatic carbocycles. The van der Waals surface area contributed by atoms with Gasteiger partial charge in [0, 0.05) is 34.8 Å². The molecule has 26 heavy (non-hydrogen) atoms. The maximum Gasteiger partial charge on any atom is 0.0958 e. The molecule has 0 unspecified atom stereocenters. The Morgan fingerprint density at radius 2 is 1.85 bits per heavy atom. The number of nitrogens with zero attached hydrogens (tertiary/aromatic N) is 2. The quantitative estimate of drug-likeness (QED) is 0.732. The van der Waals surface area contributed by atoms with Crippen LogP contribution in [0.4, 0.5) is 0 Å². The molecule has 0 spiro atoms. The summed E-state index contributed by atoms with van der Waals surface area (Å²) in [6.07, 6.45) is 3.22. The molecule has 0 atom stereocenters. The van der Waals surface area contributed by atoms with E-state index < -0.39 is 0 Å². The van der Waals surface area contributed by atoms with Crippen LogP contribution in [0, 0.1) is 6.92 Å². The van der Waals surface area contributed by atoms with Crippen molar-refractivity contribution in [1.82, 2.24) is 15.1 Å². The highest BCUT2D eigenvalue weighted by molar-refractivity contribution is 6.30. The zero-order valence-corrected chi connectivity index (χ0v) is 15.9. The van der Waals surface area contributed by atoms with Crippen LogP contribution in [0.15, 0.2) is 48.5 Å². The third-order valence-corrected chi connectivity index (χ3v) is 5.44. The first-order valence-corrected chi connectivity index (χ1v) is 9.70. The number of benzene rings is 2. The Morgan fingerprint density at radius 1 is 1.04 bits per heavy atom. The van der Waals surface area contributed by atoms with Gasteiger partial charge in [-0.15, -0.1) is 0 Å². The second kappa shape index (κ2) is 7.65. The van der Waals surface area contributed by atoms with Gasteiger partial charge in [0.05, 0.1) is 12.2 Å². The molecule has 1 N–H and O–H groups in total. The number of hydrogen-bond donors (Lipinski definition) is 1. The molecule has 0 aliphatic carbocycles. The van der Waals surface area contributed by atoms with Gasteiger partial charge >= 0.3 is 0 Å². The van der Waals surface area contributed by atoms with Crippen LogP contribution in [0.1, 0.15) is 28.8 Å². The first-order chi connectivity index (χ1) is 12.7. The van der Waals surface area contributed by atoms with Gasteiger partial charge in [-0.05, 0) is 49.6 Å². The Bertz CT molecular complexity index is 896. The van der Waals surface area contributed by atoms with E-state index in [1.165, 1.54) is 22.4 Å². The van der Waals surface area contributed by atoms with Gasteiger partial charge < -0.3 is 5.32 Å². The first kappa shape index (κ1) is 17.3. The highest BCUT2D eigenvalue weighted by Gasteiger charge is 2.20. The molecule has 0 bridgehead atoms. The van der Waals surface area contributed by atoms with Crippen LogP contribution in [-0.2, 0) is 19.4 Å². The summed E-state index contributed by atoms with van der Waals surface area (Å²) in [5, 5.41) is 9.35. The van der Waals surface area contributed by atoms with Crippen LogP contribution in [-0.4, -0.2) is 22.9 Å². The third kappa shape index (κ3) is 3.55. The number of hydrogen-bond acceptors (Lipinski definition) is 2. The van der Waals surface area contributed by atoms with Crippen molar-refractivity contribution in [3.8, 4) is 11.3 Å². The molecule has 1 aromatic heterocycles. The fraction of sp³-hybridized carbons (Fsp3) is 0.318. The summed E-state index contributed by atoms with van der Waals surface area (Å²) in [4.78, 5) is 0. The third-order valence-electron chi connectivity index (χ3n) is 5.18. The molecule has 134 valence electrons. The van der Waals surface area contributed by atoms with Crippen molar-refractivity contribution < 1.29 is 0 Å². The zero-order valence-electron chi connectivity index (χ0n) is 15.1. The lowest BCUT2D eigenvalue weighted by Gasteiger charge is -2.15. The minimum absolute atomic E-state index is 0.764. The van der Waals surface area contributed by atoms with Gasteiger partial charge in [-0.3, -0.25) is 4.68 Å². The molecular formula is C22H24ClN3. The number of fused-ring (bicyclic) bond motifs is 1. The van der Waals surface area contributed by atoms with Crippen molar-refractivity contribution in [2.45, 2.75) is 32.7 Å². The standard InChI is InChI=1S/C22H24ClN3/c1-16-5-2-3-6-18(16)15-26-21-12-14-24-13-4-7-20(21)22(25-26)17-8-10-19(23)11-9-17/h2-3,5-6,8-11,24H,4,7,12-15H2,1H3. The smallest absolute Gasteiger partial charge is 0.0958 e. The molecule has 1 aliphatic heterocycles. The fourth-order valence-corrected chi connectivity index (χ4v) is 3.84. The molecule has 3 nitrogen and oxygen atoms in total. The molecule has 0 fully saturated rings. The normalized spacial score (nSPS) is 14.5. The van der Waals surface area contributed by atoms with Crippen LogP contribution in [0.2, 0.25) is 5.02 Å². The van der Waals surface area contributed by atoms with Crippen molar-refractivity contribution in [1.29, 1.82) is 0 Å². The van der Waals surface area contributed by atoms with Crippen molar-refractivity contribution in [2.24, 2.45) is 0 Å². The maximum atomic E-state index is 6.09. The highest BCUT2D eigenvalue weighted by Crippen LogP contribution is 2.29. The summed E-state index contributed by atoms with van der Waals surface area (Å²) in [5.74, 6) is 0. The Morgan fingerprint density at radius 3 is 2.65 bits per heavy atom. The summed E-state index contributed by atoms with van der Waals surface area (Å²) in [7, 11) is 0. The van der Waals surface area contributed by atoms with E-state index in [1.54, 1.807) is 0 Å². The van der Waals surface area contributed by atoms with Crippen LogP contribution < -0.4 is 5.32 Å². The average Bonchev–Trinajstić information content (AvgIpc) is 2.94. The van der Waals surface area contributed by atoms with E-state index in [-0.39, 0.29) is 0 Å².